The van der Waals surface area contributed by atoms with E-state index in [1.165, 1.54) is 14.0 Å². The Morgan fingerprint density at radius 2 is 1.76 bits per heavy atom. The standard InChI is InChI=1S/C13H19NO6S/c1-7-5-10(20-4)6-8(2)12(7)21(18,19)14-11(9(3)15)13(16)17/h5-6,9,11,14-15H,1-4H3,(H,16,17). The summed E-state index contributed by atoms with van der Waals surface area (Å²) in [6, 6.07) is 1.47. The van der Waals surface area contributed by atoms with Gasteiger partial charge in [0.25, 0.3) is 0 Å². The molecule has 1 aromatic carbocycles. The first-order valence-electron chi connectivity index (χ1n) is 6.18. The number of carboxylic acids is 1. The van der Waals surface area contributed by atoms with Crippen LogP contribution in [0.4, 0.5) is 0 Å². The van der Waals surface area contributed by atoms with Crippen LogP contribution in [0.3, 0.4) is 0 Å². The summed E-state index contributed by atoms with van der Waals surface area (Å²) in [7, 11) is -2.62. The van der Waals surface area contributed by atoms with E-state index in [-0.39, 0.29) is 4.90 Å². The SMILES string of the molecule is COc1cc(C)c(S(=O)(=O)NC(C(=O)O)C(C)O)c(C)c1. The normalized spacial score (nSPS) is 14.5. The third kappa shape index (κ3) is 3.93. The molecule has 118 valence electrons. The molecule has 0 spiro atoms. The smallest absolute Gasteiger partial charge is 0.324 e. The molecule has 0 fully saturated rings. The molecule has 7 nitrogen and oxygen atoms in total. The minimum absolute atomic E-state index is 0.0183. The number of benzene rings is 1. The molecule has 1 aromatic rings. The largest absolute Gasteiger partial charge is 0.497 e. The van der Waals surface area contributed by atoms with E-state index >= 15 is 0 Å². The van der Waals surface area contributed by atoms with Gasteiger partial charge >= 0.3 is 5.97 Å². The Morgan fingerprint density at radius 1 is 1.29 bits per heavy atom. The van der Waals surface area contributed by atoms with Crippen molar-refractivity contribution in [2.24, 2.45) is 0 Å². The van der Waals surface area contributed by atoms with Gasteiger partial charge in [0.1, 0.15) is 11.8 Å². The Hall–Kier alpha value is -1.64. The molecule has 0 aliphatic heterocycles. The number of hydrogen-bond acceptors (Lipinski definition) is 5. The maximum Gasteiger partial charge on any atom is 0.324 e. The lowest BCUT2D eigenvalue weighted by Crippen LogP contribution is -2.47. The summed E-state index contributed by atoms with van der Waals surface area (Å²) in [5.41, 5.74) is 0.850. The Bertz CT molecular complexity index is 615. The Balaban J connectivity index is 3.29. The Morgan fingerprint density at radius 3 is 2.10 bits per heavy atom. The highest BCUT2D eigenvalue weighted by Gasteiger charge is 2.31. The number of hydrogen-bond donors (Lipinski definition) is 3. The number of aliphatic carboxylic acids is 1. The van der Waals surface area contributed by atoms with E-state index < -0.39 is 28.1 Å². The zero-order chi connectivity index (χ0) is 16.4. The van der Waals surface area contributed by atoms with Crippen LogP contribution in [0.2, 0.25) is 0 Å². The lowest BCUT2D eigenvalue weighted by Gasteiger charge is -2.19. The van der Waals surface area contributed by atoms with Gasteiger partial charge in [0.05, 0.1) is 18.1 Å². The first kappa shape index (κ1) is 17.4. The van der Waals surface area contributed by atoms with Gasteiger partial charge in [-0.2, -0.15) is 4.72 Å². The number of carbonyl (C=O) groups is 1. The van der Waals surface area contributed by atoms with Crippen molar-refractivity contribution in [3.05, 3.63) is 23.3 Å². The van der Waals surface area contributed by atoms with Crippen LogP contribution in [0.5, 0.6) is 5.75 Å². The van der Waals surface area contributed by atoms with Crippen molar-refractivity contribution in [1.82, 2.24) is 4.72 Å². The number of aryl methyl sites for hydroxylation is 2. The van der Waals surface area contributed by atoms with Crippen molar-refractivity contribution in [2.75, 3.05) is 7.11 Å². The summed E-state index contributed by atoms with van der Waals surface area (Å²) in [4.78, 5) is 11.0. The molecule has 8 heteroatoms. The minimum Gasteiger partial charge on any atom is -0.497 e. The molecular formula is C13H19NO6S. The molecular weight excluding hydrogens is 298 g/mol. The van der Waals surface area contributed by atoms with Gasteiger partial charge in [-0.05, 0) is 44.0 Å². The van der Waals surface area contributed by atoms with Crippen LogP contribution >= 0.6 is 0 Å². The van der Waals surface area contributed by atoms with Crippen LogP contribution in [0.15, 0.2) is 17.0 Å². The van der Waals surface area contributed by atoms with E-state index in [1.807, 2.05) is 4.72 Å². The molecule has 0 bridgehead atoms. The van der Waals surface area contributed by atoms with E-state index in [0.29, 0.717) is 16.9 Å². The van der Waals surface area contributed by atoms with Crippen LogP contribution in [-0.2, 0) is 14.8 Å². The van der Waals surface area contributed by atoms with Crippen molar-refractivity contribution in [1.29, 1.82) is 0 Å². The third-order valence-corrected chi connectivity index (χ3v) is 4.71. The highest BCUT2D eigenvalue weighted by Crippen LogP contribution is 2.25. The molecule has 21 heavy (non-hydrogen) atoms. The summed E-state index contributed by atoms with van der Waals surface area (Å²) in [5.74, 6) is -0.938. The van der Waals surface area contributed by atoms with E-state index in [1.54, 1.807) is 26.0 Å². The van der Waals surface area contributed by atoms with Gasteiger partial charge in [-0.15, -0.1) is 0 Å². The van der Waals surface area contributed by atoms with Crippen LogP contribution in [0.25, 0.3) is 0 Å². The molecule has 0 saturated heterocycles. The Kier molecular flexibility index (Phi) is 5.32. The lowest BCUT2D eigenvalue weighted by molar-refractivity contribution is -0.141. The summed E-state index contributed by atoms with van der Waals surface area (Å²) in [5, 5.41) is 18.4. The topological polar surface area (TPSA) is 113 Å². The summed E-state index contributed by atoms with van der Waals surface area (Å²) >= 11 is 0. The highest BCUT2D eigenvalue weighted by molar-refractivity contribution is 7.89. The number of sulfonamides is 1. The molecule has 1 rings (SSSR count). The highest BCUT2D eigenvalue weighted by atomic mass is 32.2. The summed E-state index contributed by atoms with van der Waals surface area (Å²) in [6.45, 7) is 4.37. The fourth-order valence-electron chi connectivity index (χ4n) is 2.03. The Labute approximate surface area is 123 Å². The summed E-state index contributed by atoms with van der Waals surface area (Å²) in [6.07, 6.45) is -1.36. The molecule has 0 aliphatic rings. The number of aliphatic hydroxyl groups is 1. The maximum absolute atomic E-state index is 12.4. The predicted molar refractivity (Wildman–Crippen MR) is 75.9 cm³/mol. The fourth-order valence-corrected chi connectivity index (χ4v) is 3.75. The third-order valence-electron chi connectivity index (χ3n) is 2.97. The minimum atomic E-state index is -4.08. The molecule has 0 aliphatic carbocycles. The number of ether oxygens (including phenoxy) is 1. The number of rotatable bonds is 6. The van der Waals surface area contributed by atoms with Crippen molar-refractivity contribution >= 4 is 16.0 Å². The lowest BCUT2D eigenvalue weighted by atomic mass is 10.1. The molecule has 2 unspecified atom stereocenters. The molecule has 2 atom stereocenters. The van der Waals surface area contributed by atoms with Gasteiger partial charge in [0.2, 0.25) is 10.0 Å². The van der Waals surface area contributed by atoms with E-state index in [0.717, 1.165) is 0 Å². The van der Waals surface area contributed by atoms with Gasteiger partial charge in [-0.1, -0.05) is 0 Å². The van der Waals surface area contributed by atoms with Crippen molar-refractivity contribution < 1.29 is 28.2 Å². The van der Waals surface area contributed by atoms with Crippen molar-refractivity contribution in [3.8, 4) is 5.75 Å². The first-order chi connectivity index (χ1) is 9.60. The van der Waals surface area contributed by atoms with Crippen molar-refractivity contribution in [2.45, 2.75) is 37.8 Å². The van der Waals surface area contributed by atoms with E-state index in [4.69, 9.17) is 9.84 Å². The molecule has 0 heterocycles. The number of carboxylic acid groups (broad SMARTS) is 1. The first-order valence-corrected chi connectivity index (χ1v) is 7.67. The fraction of sp³-hybridized carbons (Fsp3) is 0.462. The number of aliphatic hydroxyl groups excluding tert-OH is 1. The van der Waals surface area contributed by atoms with Gasteiger partial charge in [-0.3, -0.25) is 4.79 Å². The van der Waals surface area contributed by atoms with Gasteiger partial charge in [0.15, 0.2) is 0 Å². The molecule has 0 radical (unpaired) electrons. The average molecular weight is 317 g/mol. The zero-order valence-corrected chi connectivity index (χ0v) is 13.1. The monoisotopic (exact) mass is 317 g/mol. The van der Waals surface area contributed by atoms with E-state index in [9.17, 15) is 18.3 Å². The summed E-state index contributed by atoms with van der Waals surface area (Å²) < 4.78 is 31.8. The van der Waals surface area contributed by atoms with Gasteiger partial charge in [-0.25, -0.2) is 8.42 Å². The second-order valence-electron chi connectivity index (χ2n) is 4.77. The van der Waals surface area contributed by atoms with Crippen molar-refractivity contribution in [3.63, 3.8) is 0 Å². The van der Waals surface area contributed by atoms with Crippen LogP contribution in [0.1, 0.15) is 18.1 Å². The molecule has 0 aromatic heterocycles. The van der Waals surface area contributed by atoms with E-state index in [2.05, 4.69) is 0 Å². The average Bonchev–Trinajstić information content (AvgIpc) is 2.33. The number of nitrogens with one attached hydrogen (secondary N) is 1. The predicted octanol–water partition coefficient (Wildman–Crippen LogP) is 0.424. The van der Waals surface area contributed by atoms with Gasteiger partial charge < -0.3 is 14.9 Å². The molecule has 3 N–H and O–H groups in total. The maximum atomic E-state index is 12.4. The number of methoxy groups -OCH3 is 1. The quantitative estimate of drug-likeness (QED) is 0.701. The molecule has 0 saturated carbocycles. The zero-order valence-electron chi connectivity index (χ0n) is 12.2. The second-order valence-corrected chi connectivity index (χ2v) is 6.42. The van der Waals surface area contributed by atoms with Crippen LogP contribution in [0, 0.1) is 13.8 Å². The second kappa shape index (κ2) is 6.42. The van der Waals surface area contributed by atoms with Gasteiger partial charge in [0, 0.05) is 0 Å². The van der Waals surface area contributed by atoms with Crippen LogP contribution < -0.4 is 9.46 Å². The van der Waals surface area contributed by atoms with Crippen LogP contribution in [-0.4, -0.2) is 43.9 Å². The molecule has 0 amide bonds.